The van der Waals surface area contributed by atoms with E-state index in [1.54, 1.807) is 19.4 Å². The third-order valence-electron chi connectivity index (χ3n) is 4.00. The summed E-state index contributed by atoms with van der Waals surface area (Å²) in [5.41, 5.74) is 3.59. The van der Waals surface area contributed by atoms with Gasteiger partial charge in [-0.15, -0.1) is 0 Å². The molecule has 0 aliphatic heterocycles. The van der Waals surface area contributed by atoms with E-state index >= 15 is 0 Å². The molecule has 7 nitrogen and oxygen atoms in total. The third kappa shape index (κ3) is 4.05. The summed E-state index contributed by atoms with van der Waals surface area (Å²) >= 11 is 0. The van der Waals surface area contributed by atoms with Gasteiger partial charge in [-0.3, -0.25) is 10.3 Å². The van der Waals surface area contributed by atoms with Gasteiger partial charge in [-0.05, 0) is 48.9 Å². The van der Waals surface area contributed by atoms with Crippen molar-refractivity contribution in [3.05, 3.63) is 47.2 Å². The summed E-state index contributed by atoms with van der Waals surface area (Å²) < 4.78 is 4.98. The average Bonchev–Trinajstić information content (AvgIpc) is 2.60. The number of aryl methyl sites for hydroxylation is 1. The maximum absolute atomic E-state index is 12.1. The molecule has 2 aromatic heterocycles. The van der Waals surface area contributed by atoms with Gasteiger partial charge in [0, 0.05) is 19.5 Å². The van der Waals surface area contributed by atoms with E-state index in [0.717, 1.165) is 18.5 Å². The van der Waals surface area contributed by atoms with Crippen LogP contribution in [-0.2, 0) is 30.7 Å². The molecule has 0 radical (unpaired) electrons. The van der Waals surface area contributed by atoms with Crippen molar-refractivity contribution < 1.29 is 9.53 Å². The number of fused-ring (bicyclic) bond motifs is 1. The summed E-state index contributed by atoms with van der Waals surface area (Å²) in [5, 5.41) is 5.55. The second kappa shape index (κ2) is 7.83. The molecule has 2 N–H and O–H groups in total. The standard InChI is InChI=1S/C17H21N5O2/c1-24-11-16-19-9-7-15(21-16)22-17(23)20-10-14-13-5-3-2-4-12(13)6-8-18-14/h6-9H,2-5,10-11H2,1H3,(H2,19,20,21,22,23). The van der Waals surface area contributed by atoms with Crippen molar-refractivity contribution in [2.75, 3.05) is 12.4 Å². The number of methoxy groups -OCH3 is 1. The molecule has 2 heterocycles. The van der Waals surface area contributed by atoms with Gasteiger partial charge >= 0.3 is 6.03 Å². The number of carbonyl (C=O) groups is 1. The molecule has 0 fully saturated rings. The molecule has 0 atom stereocenters. The maximum atomic E-state index is 12.1. The monoisotopic (exact) mass is 327 g/mol. The van der Waals surface area contributed by atoms with Gasteiger partial charge in [0.1, 0.15) is 12.4 Å². The number of pyridine rings is 1. The van der Waals surface area contributed by atoms with Gasteiger partial charge in [0.05, 0.1) is 12.2 Å². The Labute approximate surface area is 140 Å². The molecule has 24 heavy (non-hydrogen) atoms. The first-order chi connectivity index (χ1) is 11.8. The molecule has 0 unspecified atom stereocenters. The van der Waals surface area contributed by atoms with Crippen molar-refractivity contribution in [2.24, 2.45) is 0 Å². The number of nitrogens with zero attached hydrogens (tertiary/aromatic N) is 3. The molecule has 1 aliphatic rings. The van der Waals surface area contributed by atoms with E-state index in [-0.39, 0.29) is 6.03 Å². The van der Waals surface area contributed by atoms with E-state index < -0.39 is 0 Å². The molecule has 2 aromatic rings. The zero-order chi connectivity index (χ0) is 16.8. The fraction of sp³-hybridized carbons (Fsp3) is 0.412. The number of rotatable bonds is 5. The lowest BCUT2D eigenvalue weighted by Crippen LogP contribution is -2.29. The number of carbonyl (C=O) groups excluding carboxylic acids is 1. The van der Waals surface area contributed by atoms with Crippen LogP contribution in [0.5, 0.6) is 0 Å². The van der Waals surface area contributed by atoms with Crippen LogP contribution in [0.3, 0.4) is 0 Å². The van der Waals surface area contributed by atoms with Crippen molar-refractivity contribution in [2.45, 2.75) is 38.8 Å². The Kier molecular flexibility index (Phi) is 5.32. The van der Waals surface area contributed by atoms with Gasteiger partial charge in [-0.1, -0.05) is 0 Å². The molecular weight excluding hydrogens is 306 g/mol. The van der Waals surface area contributed by atoms with Gasteiger partial charge in [0.2, 0.25) is 0 Å². The molecule has 1 aliphatic carbocycles. The third-order valence-corrected chi connectivity index (χ3v) is 4.00. The minimum atomic E-state index is -0.313. The fourth-order valence-corrected chi connectivity index (χ4v) is 2.88. The predicted molar refractivity (Wildman–Crippen MR) is 89.5 cm³/mol. The molecule has 7 heteroatoms. The van der Waals surface area contributed by atoms with Crippen molar-refractivity contribution in [3.8, 4) is 0 Å². The van der Waals surface area contributed by atoms with Crippen LogP contribution in [0, 0.1) is 0 Å². The molecule has 0 spiro atoms. The number of amides is 2. The summed E-state index contributed by atoms with van der Waals surface area (Å²) in [4.78, 5) is 24.8. The van der Waals surface area contributed by atoms with E-state index in [9.17, 15) is 4.79 Å². The minimum absolute atomic E-state index is 0.303. The first-order valence-corrected chi connectivity index (χ1v) is 8.07. The van der Waals surface area contributed by atoms with Crippen LogP contribution >= 0.6 is 0 Å². The molecule has 2 amide bonds. The lowest BCUT2D eigenvalue weighted by atomic mass is 9.91. The SMILES string of the molecule is COCc1nccc(NC(=O)NCc2nccc3c2CCCC3)n1. The van der Waals surface area contributed by atoms with Gasteiger partial charge in [0.25, 0.3) is 0 Å². The Balaban J connectivity index is 1.59. The molecule has 0 aromatic carbocycles. The Morgan fingerprint density at radius 1 is 1.21 bits per heavy atom. The molecule has 0 saturated carbocycles. The van der Waals surface area contributed by atoms with E-state index in [0.29, 0.717) is 24.8 Å². The van der Waals surface area contributed by atoms with Crippen LogP contribution in [0.2, 0.25) is 0 Å². The van der Waals surface area contributed by atoms with Crippen LogP contribution in [0.15, 0.2) is 24.5 Å². The number of anilines is 1. The zero-order valence-corrected chi connectivity index (χ0v) is 13.7. The highest BCUT2D eigenvalue weighted by Gasteiger charge is 2.14. The number of hydrogen-bond donors (Lipinski definition) is 2. The minimum Gasteiger partial charge on any atom is -0.377 e. The highest BCUT2D eigenvalue weighted by molar-refractivity contribution is 5.88. The topological polar surface area (TPSA) is 89.0 Å². The van der Waals surface area contributed by atoms with E-state index in [2.05, 4.69) is 31.7 Å². The summed E-state index contributed by atoms with van der Waals surface area (Å²) in [6.07, 6.45) is 7.95. The Hall–Kier alpha value is -2.54. The van der Waals surface area contributed by atoms with Crippen molar-refractivity contribution in [1.29, 1.82) is 0 Å². The smallest absolute Gasteiger partial charge is 0.320 e. The summed E-state index contributed by atoms with van der Waals surface area (Å²) in [6, 6.07) is 3.41. The van der Waals surface area contributed by atoms with E-state index in [4.69, 9.17) is 4.74 Å². The highest BCUT2D eigenvalue weighted by Crippen LogP contribution is 2.22. The lowest BCUT2D eigenvalue weighted by Gasteiger charge is -2.18. The number of urea groups is 1. The normalized spacial score (nSPS) is 13.2. The quantitative estimate of drug-likeness (QED) is 0.879. The molecule has 126 valence electrons. The Morgan fingerprint density at radius 3 is 2.92 bits per heavy atom. The molecule has 0 bridgehead atoms. The highest BCUT2D eigenvalue weighted by atomic mass is 16.5. The van der Waals surface area contributed by atoms with Gasteiger partial charge in [0.15, 0.2) is 5.82 Å². The number of aromatic nitrogens is 3. The second-order valence-corrected chi connectivity index (χ2v) is 5.70. The van der Waals surface area contributed by atoms with Crippen LogP contribution in [0.1, 0.15) is 35.5 Å². The number of ether oxygens (including phenoxy) is 1. The van der Waals surface area contributed by atoms with Crippen molar-refractivity contribution >= 4 is 11.8 Å². The summed E-state index contributed by atoms with van der Waals surface area (Å²) in [6.45, 7) is 0.711. The first kappa shape index (κ1) is 16.3. The Morgan fingerprint density at radius 2 is 2.04 bits per heavy atom. The molecule has 0 saturated heterocycles. The number of nitrogens with one attached hydrogen (secondary N) is 2. The van der Waals surface area contributed by atoms with Crippen molar-refractivity contribution in [1.82, 2.24) is 20.3 Å². The maximum Gasteiger partial charge on any atom is 0.320 e. The van der Waals surface area contributed by atoms with Crippen LogP contribution in [-0.4, -0.2) is 28.1 Å². The average molecular weight is 327 g/mol. The van der Waals surface area contributed by atoms with E-state index in [1.165, 1.54) is 24.0 Å². The van der Waals surface area contributed by atoms with Crippen LogP contribution in [0.4, 0.5) is 10.6 Å². The van der Waals surface area contributed by atoms with Crippen LogP contribution < -0.4 is 10.6 Å². The number of hydrogen-bond acceptors (Lipinski definition) is 5. The largest absolute Gasteiger partial charge is 0.377 e. The predicted octanol–water partition coefficient (Wildman–Crippen LogP) is 2.22. The first-order valence-electron chi connectivity index (χ1n) is 8.07. The Bertz CT molecular complexity index is 720. The summed E-state index contributed by atoms with van der Waals surface area (Å²) in [7, 11) is 1.57. The van der Waals surface area contributed by atoms with Crippen molar-refractivity contribution in [3.63, 3.8) is 0 Å². The van der Waals surface area contributed by atoms with Crippen LogP contribution in [0.25, 0.3) is 0 Å². The second-order valence-electron chi connectivity index (χ2n) is 5.70. The van der Waals surface area contributed by atoms with Gasteiger partial charge < -0.3 is 10.1 Å². The zero-order valence-electron chi connectivity index (χ0n) is 13.7. The molecular formula is C17H21N5O2. The fourth-order valence-electron chi connectivity index (χ4n) is 2.88. The lowest BCUT2D eigenvalue weighted by molar-refractivity contribution is 0.178. The van der Waals surface area contributed by atoms with Gasteiger partial charge in [-0.25, -0.2) is 14.8 Å². The molecule has 3 rings (SSSR count). The summed E-state index contributed by atoms with van der Waals surface area (Å²) in [5.74, 6) is 0.965. The van der Waals surface area contributed by atoms with Gasteiger partial charge in [-0.2, -0.15) is 0 Å². The van der Waals surface area contributed by atoms with E-state index in [1.807, 2.05) is 6.20 Å².